The molecule has 4 nitrogen and oxygen atoms in total. The number of hydrogen-bond acceptors (Lipinski definition) is 2. The molecule has 0 saturated carbocycles. The van der Waals surface area contributed by atoms with Gasteiger partial charge in [0.1, 0.15) is 0 Å². The highest BCUT2D eigenvalue weighted by Crippen LogP contribution is 2.02. The Bertz CT molecular complexity index is 467. The highest BCUT2D eigenvalue weighted by atomic mass is 16.5. The van der Waals surface area contributed by atoms with E-state index in [1.165, 1.54) is 0 Å². The zero-order valence-electron chi connectivity index (χ0n) is 10.7. The third kappa shape index (κ3) is 2.77. The molecule has 0 aliphatic heterocycles. The van der Waals surface area contributed by atoms with Gasteiger partial charge in [0.15, 0.2) is 12.4 Å². The molecule has 0 unspecified atom stereocenters. The van der Waals surface area contributed by atoms with Crippen molar-refractivity contribution in [2.45, 2.75) is 13.1 Å². The quantitative estimate of drug-likeness (QED) is 0.735. The van der Waals surface area contributed by atoms with Crippen LogP contribution in [0.3, 0.4) is 0 Å². The first-order chi connectivity index (χ1) is 8.85. The normalized spacial score (nSPS) is 10.1. The van der Waals surface area contributed by atoms with Crippen LogP contribution >= 0.6 is 0 Å². The molecule has 0 radical (unpaired) electrons. The Morgan fingerprint density at radius 2 is 1.22 bits per heavy atom. The Hall–Kier alpha value is -2.10. The Morgan fingerprint density at radius 1 is 0.778 bits per heavy atom. The van der Waals surface area contributed by atoms with Gasteiger partial charge in [-0.25, -0.2) is 0 Å². The summed E-state index contributed by atoms with van der Waals surface area (Å²) in [6, 6.07) is 11.8. The summed E-state index contributed by atoms with van der Waals surface area (Å²) < 4.78 is 14.8. The summed E-state index contributed by atoms with van der Waals surface area (Å²) in [5.41, 5.74) is 0. The predicted octanol–water partition coefficient (Wildman–Crippen LogP) is 0.979. The van der Waals surface area contributed by atoms with Crippen molar-refractivity contribution >= 4 is 0 Å². The molecule has 0 aliphatic rings. The number of aryl methyl sites for hydroxylation is 2. The summed E-state index contributed by atoms with van der Waals surface area (Å²) in [5.74, 6) is 1.71. The van der Waals surface area contributed by atoms with E-state index in [-0.39, 0.29) is 0 Å². The molecule has 0 atom stereocenters. The Balaban J connectivity index is 2.11. The average molecular weight is 246 g/mol. The largest absolute Gasteiger partial charge is 0.448 e. The molecule has 4 heteroatoms. The Labute approximate surface area is 107 Å². The van der Waals surface area contributed by atoms with Crippen molar-refractivity contribution in [3.8, 4) is 11.8 Å². The first kappa shape index (κ1) is 12.4. The molecule has 0 aromatic carbocycles. The monoisotopic (exact) mass is 246 g/mol. The standard InChI is InChI=1S/C14H18N2O2/c1-17-13-7-3-5-9-15(13)11-12-16-10-6-4-8-14(16)18-2/h3-10H,11-12H2,1-2H3/q+2. The molecule has 94 valence electrons. The molecule has 2 aromatic rings. The van der Waals surface area contributed by atoms with E-state index in [1.54, 1.807) is 14.2 Å². The van der Waals surface area contributed by atoms with Crippen molar-refractivity contribution in [2.24, 2.45) is 0 Å². The van der Waals surface area contributed by atoms with Crippen LogP contribution in [0.2, 0.25) is 0 Å². The van der Waals surface area contributed by atoms with Gasteiger partial charge < -0.3 is 9.47 Å². The lowest BCUT2D eigenvalue weighted by Crippen LogP contribution is -2.45. The number of hydrogen-bond donors (Lipinski definition) is 0. The summed E-state index contributed by atoms with van der Waals surface area (Å²) in [4.78, 5) is 0. The first-order valence-electron chi connectivity index (χ1n) is 5.90. The molecule has 0 bridgehead atoms. The van der Waals surface area contributed by atoms with E-state index in [1.807, 2.05) is 48.8 Å². The van der Waals surface area contributed by atoms with Crippen LogP contribution in [-0.2, 0) is 13.1 Å². The zero-order chi connectivity index (χ0) is 12.8. The maximum atomic E-state index is 5.31. The fourth-order valence-corrected chi connectivity index (χ4v) is 1.88. The first-order valence-corrected chi connectivity index (χ1v) is 5.90. The molecule has 18 heavy (non-hydrogen) atoms. The molecule has 0 saturated heterocycles. The van der Waals surface area contributed by atoms with Crippen LogP contribution in [0.15, 0.2) is 48.8 Å². The summed E-state index contributed by atoms with van der Waals surface area (Å²) in [6.45, 7) is 1.66. The van der Waals surface area contributed by atoms with Gasteiger partial charge in [0, 0.05) is 12.1 Å². The van der Waals surface area contributed by atoms with Crippen LogP contribution in [-0.4, -0.2) is 14.2 Å². The highest BCUT2D eigenvalue weighted by molar-refractivity contribution is 5.02. The van der Waals surface area contributed by atoms with E-state index in [2.05, 4.69) is 9.13 Å². The molecule has 0 spiro atoms. The lowest BCUT2D eigenvalue weighted by atomic mass is 10.4. The van der Waals surface area contributed by atoms with Gasteiger partial charge in [-0.05, 0) is 12.1 Å². The second-order valence-corrected chi connectivity index (χ2v) is 3.87. The molecule has 2 aromatic heterocycles. The minimum atomic E-state index is 0.828. The number of methoxy groups -OCH3 is 2. The molecule has 0 fully saturated rings. The van der Waals surface area contributed by atoms with Crippen molar-refractivity contribution in [1.82, 2.24) is 0 Å². The van der Waals surface area contributed by atoms with Crippen molar-refractivity contribution in [3.05, 3.63) is 48.8 Å². The summed E-state index contributed by atoms with van der Waals surface area (Å²) >= 11 is 0. The van der Waals surface area contributed by atoms with Crippen molar-refractivity contribution in [3.63, 3.8) is 0 Å². The second-order valence-electron chi connectivity index (χ2n) is 3.87. The van der Waals surface area contributed by atoms with Gasteiger partial charge in [-0.3, -0.25) is 0 Å². The third-order valence-electron chi connectivity index (χ3n) is 2.80. The maximum absolute atomic E-state index is 5.31. The van der Waals surface area contributed by atoms with Gasteiger partial charge in [0.2, 0.25) is 13.1 Å². The Morgan fingerprint density at radius 3 is 1.61 bits per heavy atom. The van der Waals surface area contributed by atoms with Gasteiger partial charge >= 0.3 is 11.8 Å². The van der Waals surface area contributed by atoms with Gasteiger partial charge in [0.25, 0.3) is 0 Å². The van der Waals surface area contributed by atoms with Gasteiger partial charge in [-0.2, -0.15) is 9.13 Å². The number of ether oxygens (including phenoxy) is 2. The molecule has 2 heterocycles. The smallest absolute Gasteiger partial charge is 0.367 e. The maximum Gasteiger partial charge on any atom is 0.367 e. The van der Waals surface area contributed by atoms with E-state index in [0.29, 0.717) is 0 Å². The molecule has 2 rings (SSSR count). The fourth-order valence-electron chi connectivity index (χ4n) is 1.88. The van der Waals surface area contributed by atoms with Crippen molar-refractivity contribution in [2.75, 3.05) is 14.2 Å². The SMILES string of the molecule is COc1cccc[n+]1CC[n+]1ccccc1OC. The van der Waals surface area contributed by atoms with Gasteiger partial charge in [-0.1, -0.05) is 0 Å². The lowest BCUT2D eigenvalue weighted by molar-refractivity contribution is -0.781. The van der Waals surface area contributed by atoms with Crippen molar-refractivity contribution in [1.29, 1.82) is 0 Å². The van der Waals surface area contributed by atoms with Gasteiger partial charge in [0.05, 0.1) is 26.4 Å². The van der Waals surface area contributed by atoms with Crippen LogP contribution < -0.4 is 18.6 Å². The number of nitrogens with zero attached hydrogens (tertiary/aromatic N) is 2. The van der Waals surface area contributed by atoms with Crippen LogP contribution in [0, 0.1) is 0 Å². The van der Waals surface area contributed by atoms with E-state index >= 15 is 0 Å². The zero-order valence-corrected chi connectivity index (χ0v) is 10.7. The van der Waals surface area contributed by atoms with Crippen LogP contribution in [0.4, 0.5) is 0 Å². The fraction of sp³-hybridized carbons (Fsp3) is 0.286. The highest BCUT2D eigenvalue weighted by Gasteiger charge is 2.15. The molecular weight excluding hydrogens is 228 g/mol. The molecule has 0 N–H and O–H groups in total. The van der Waals surface area contributed by atoms with Gasteiger partial charge in [-0.15, -0.1) is 0 Å². The lowest BCUT2D eigenvalue weighted by Gasteiger charge is -2.02. The average Bonchev–Trinajstić information content (AvgIpc) is 2.45. The van der Waals surface area contributed by atoms with Crippen LogP contribution in [0.1, 0.15) is 0 Å². The van der Waals surface area contributed by atoms with E-state index in [9.17, 15) is 0 Å². The number of pyridine rings is 2. The summed E-state index contributed by atoms with van der Waals surface area (Å²) in [7, 11) is 3.37. The molecular formula is C14H18N2O2+2. The number of aromatic nitrogens is 2. The third-order valence-corrected chi connectivity index (χ3v) is 2.80. The van der Waals surface area contributed by atoms with E-state index in [0.717, 1.165) is 24.8 Å². The summed E-state index contributed by atoms with van der Waals surface area (Å²) in [6.07, 6.45) is 4.02. The topological polar surface area (TPSA) is 26.2 Å². The predicted molar refractivity (Wildman–Crippen MR) is 66.4 cm³/mol. The van der Waals surface area contributed by atoms with Crippen molar-refractivity contribution < 1.29 is 18.6 Å². The number of rotatable bonds is 5. The molecule has 0 aliphatic carbocycles. The van der Waals surface area contributed by atoms with Crippen LogP contribution in [0.25, 0.3) is 0 Å². The molecule has 0 amide bonds. The minimum Gasteiger partial charge on any atom is -0.448 e. The Kier molecular flexibility index (Phi) is 4.12. The summed E-state index contributed by atoms with van der Waals surface area (Å²) in [5, 5.41) is 0. The minimum absolute atomic E-state index is 0.828. The van der Waals surface area contributed by atoms with E-state index in [4.69, 9.17) is 9.47 Å². The second kappa shape index (κ2) is 6.00. The van der Waals surface area contributed by atoms with E-state index < -0.39 is 0 Å². The van der Waals surface area contributed by atoms with Crippen LogP contribution in [0.5, 0.6) is 11.8 Å².